The van der Waals surface area contributed by atoms with Gasteiger partial charge < -0.3 is 14.8 Å². The molecule has 0 aliphatic rings. The fourth-order valence-electron chi connectivity index (χ4n) is 1.47. The molecule has 94 valence electrons. The summed E-state index contributed by atoms with van der Waals surface area (Å²) in [6, 6.07) is 9.85. The second kappa shape index (κ2) is 5.71. The van der Waals surface area contributed by atoms with E-state index in [-0.39, 0.29) is 12.5 Å². The molecule has 2 N–H and O–H groups in total. The highest BCUT2D eigenvalue weighted by molar-refractivity contribution is 6.30. The number of hydrogen-bond acceptors (Lipinski definition) is 3. The molecular formula is C13H12ClNO3. The molecule has 1 aromatic carbocycles. The Bertz CT molecular complexity index is 508. The maximum Gasteiger partial charge on any atom is 0.251 e. The number of benzene rings is 1. The van der Waals surface area contributed by atoms with Crippen LogP contribution in [0, 0.1) is 0 Å². The zero-order valence-electron chi connectivity index (χ0n) is 9.47. The van der Waals surface area contributed by atoms with Crippen LogP contribution < -0.4 is 5.32 Å². The van der Waals surface area contributed by atoms with Crippen LogP contribution in [0.4, 0.5) is 0 Å². The Labute approximate surface area is 109 Å². The first-order valence-corrected chi connectivity index (χ1v) is 5.80. The summed E-state index contributed by atoms with van der Waals surface area (Å²) in [5.74, 6) is 0.156. The molecule has 1 amide bonds. The van der Waals surface area contributed by atoms with Crippen LogP contribution in [0.3, 0.4) is 0 Å². The normalized spacial score (nSPS) is 12.1. The Hall–Kier alpha value is -1.78. The molecule has 1 aromatic heterocycles. The molecule has 0 spiro atoms. The van der Waals surface area contributed by atoms with Crippen molar-refractivity contribution in [2.24, 2.45) is 0 Å². The highest BCUT2D eigenvalue weighted by Gasteiger charge is 2.12. The Morgan fingerprint density at radius 2 is 2.06 bits per heavy atom. The van der Waals surface area contributed by atoms with Gasteiger partial charge in [-0.3, -0.25) is 4.79 Å². The predicted molar refractivity (Wildman–Crippen MR) is 67.5 cm³/mol. The van der Waals surface area contributed by atoms with Crippen LogP contribution in [0.25, 0.3) is 0 Å². The highest BCUT2D eigenvalue weighted by Crippen LogP contribution is 2.12. The van der Waals surface area contributed by atoms with Crippen LogP contribution in [0.5, 0.6) is 0 Å². The van der Waals surface area contributed by atoms with E-state index < -0.39 is 6.10 Å². The minimum absolute atomic E-state index is 0.0922. The number of aliphatic hydroxyl groups is 1. The molecule has 18 heavy (non-hydrogen) atoms. The van der Waals surface area contributed by atoms with Gasteiger partial charge in [0.15, 0.2) is 0 Å². The van der Waals surface area contributed by atoms with E-state index in [1.54, 1.807) is 36.4 Å². The van der Waals surface area contributed by atoms with E-state index in [4.69, 9.17) is 16.0 Å². The number of aliphatic hydroxyl groups excluding tert-OH is 1. The number of amides is 1. The molecule has 1 heterocycles. The van der Waals surface area contributed by atoms with Crippen molar-refractivity contribution in [2.75, 3.05) is 6.54 Å². The largest absolute Gasteiger partial charge is 0.467 e. The molecule has 0 bridgehead atoms. The SMILES string of the molecule is O=C(NCC(O)c1ccco1)c1ccc(Cl)cc1. The minimum Gasteiger partial charge on any atom is -0.467 e. The van der Waals surface area contributed by atoms with Gasteiger partial charge in [-0.05, 0) is 36.4 Å². The van der Waals surface area contributed by atoms with E-state index in [1.807, 2.05) is 0 Å². The monoisotopic (exact) mass is 265 g/mol. The van der Waals surface area contributed by atoms with Crippen LogP contribution in [0.1, 0.15) is 22.2 Å². The highest BCUT2D eigenvalue weighted by atomic mass is 35.5. The first-order chi connectivity index (χ1) is 8.66. The predicted octanol–water partition coefficient (Wildman–Crippen LogP) is 2.40. The molecule has 2 rings (SSSR count). The van der Waals surface area contributed by atoms with Gasteiger partial charge in [-0.1, -0.05) is 11.6 Å². The maximum atomic E-state index is 11.7. The molecule has 5 heteroatoms. The van der Waals surface area contributed by atoms with Crippen LogP contribution in [-0.4, -0.2) is 17.6 Å². The lowest BCUT2D eigenvalue weighted by Gasteiger charge is -2.09. The summed E-state index contributed by atoms with van der Waals surface area (Å²) in [6.45, 7) is 0.0922. The van der Waals surface area contributed by atoms with Gasteiger partial charge in [0.05, 0.1) is 12.8 Å². The first-order valence-electron chi connectivity index (χ1n) is 5.42. The van der Waals surface area contributed by atoms with Crippen molar-refractivity contribution in [3.8, 4) is 0 Å². The van der Waals surface area contributed by atoms with Crippen LogP contribution in [0.2, 0.25) is 5.02 Å². The number of halogens is 1. The van der Waals surface area contributed by atoms with E-state index in [0.717, 1.165) is 0 Å². The molecule has 0 aliphatic carbocycles. The Morgan fingerprint density at radius 1 is 1.33 bits per heavy atom. The van der Waals surface area contributed by atoms with E-state index in [9.17, 15) is 9.90 Å². The fourth-order valence-corrected chi connectivity index (χ4v) is 1.60. The van der Waals surface area contributed by atoms with Crippen LogP contribution in [-0.2, 0) is 0 Å². The zero-order chi connectivity index (χ0) is 13.0. The number of rotatable bonds is 4. The van der Waals surface area contributed by atoms with Gasteiger partial charge in [0.1, 0.15) is 11.9 Å². The van der Waals surface area contributed by atoms with Gasteiger partial charge in [0.2, 0.25) is 0 Å². The summed E-state index contributed by atoms with van der Waals surface area (Å²) in [7, 11) is 0. The molecule has 0 aliphatic heterocycles. The van der Waals surface area contributed by atoms with Gasteiger partial charge in [-0.15, -0.1) is 0 Å². The third kappa shape index (κ3) is 3.12. The van der Waals surface area contributed by atoms with E-state index in [0.29, 0.717) is 16.3 Å². The second-order valence-corrected chi connectivity index (χ2v) is 4.18. The van der Waals surface area contributed by atoms with E-state index in [1.165, 1.54) is 6.26 Å². The Balaban J connectivity index is 1.90. The van der Waals surface area contributed by atoms with Crippen molar-refractivity contribution in [3.05, 3.63) is 59.0 Å². The molecule has 1 atom stereocenters. The van der Waals surface area contributed by atoms with Crippen LogP contribution >= 0.6 is 11.6 Å². The molecule has 0 saturated carbocycles. The van der Waals surface area contributed by atoms with Gasteiger partial charge in [0.25, 0.3) is 5.91 Å². The number of nitrogens with one attached hydrogen (secondary N) is 1. The average molecular weight is 266 g/mol. The number of furan rings is 1. The Kier molecular flexibility index (Phi) is 4.02. The molecule has 2 aromatic rings. The van der Waals surface area contributed by atoms with Crippen molar-refractivity contribution in [3.63, 3.8) is 0 Å². The van der Waals surface area contributed by atoms with E-state index in [2.05, 4.69) is 5.32 Å². The van der Waals surface area contributed by atoms with Crippen molar-refractivity contribution in [1.82, 2.24) is 5.32 Å². The maximum absolute atomic E-state index is 11.7. The standard InChI is InChI=1S/C13H12ClNO3/c14-10-5-3-9(4-6-10)13(17)15-8-11(16)12-2-1-7-18-12/h1-7,11,16H,8H2,(H,15,17). The van der Waals surface area contributed by atoms with Gasteiger partial charge in [-0.25, -0.2) is 0 Å². The Morgan fingerprint density at radius 3 is 2.67 bits per heavy atom. The first kappa shape index (κ1) is 12.7. The average Bonchev–Trinajstić information content (AvgIpc) is 2.90. The van der Waals surface area contributed by atoms with Gasteiger partial charge >= 0.3 is 0 Å². The molecule has 0 fully saturated rings. The summed E-state index contributed by atoms with van der Waals surface area (Å²) in [6.07, 6.45) is 0.621. The third-order valence-electron chi connectivity index (χ3n) is 2.43. The molecule has 0 saturated heterocycles. The fraction of sp³-hybridized carbons (Fsp3) is 0.154. The van der Waals surface area contributed by atoms with Crippen molar-refractivity contribution < 1.29 is 14.3 Å². The lowest BCUT2D eigenvalue weighted by Crippen LogP contribution is -2.28. The van der Waals surface area contributed by atoms with Crippen molar-refractivity contribution in [1.29, 1.82) is 0 Å². The number of carbonyl (C=O) groups is 1. The van der Waals surface area contributed by atoms with E-state index >= 15 is 0 Å². The third-order valence-corrected chi connectivity index (χ3v) is 2.69. The van der Waals surface area contributed by atoms with Gasteiger partial charge in [-0.2, -0.15) is 0 Å². The summed E-state index contributed by atoms with van der Waals surface area (Å²) in [4.78, 5) is 11.7. The number of hydrogen-bond donors (Lipinski definition) is 2. The second-order valence-electron chi connectivity index (χ2n) is 3.75. The van der Waals surface area contributed by atoms with Crippen molar-refractivity contribution in [2.45, 2.75) is 6.10 Å². The summed E-state index contributed by atoms with van der Waals surface area (Å²) in [5, 5.41) is 12.9. The molecular weight excluding hydrogens is 254 g/mol. The van der Waals surface area contributed by atoms with Crippen molar-refractivity contribution >= 4 is 17.5 Å². The number of carbonyl (C=O) groups excluding carboxylic acids is 1. The zero-order valence-corrected chi connectivity index (χ0v) is 10.2. The lowest BCUT2D eigenvalue weighted by molar-refractivity contribution is 0.0901. The smallest absolute Gasteiger partial charge is 0.251 e. The summed E-state index contributed by atoms with van der Waals surface area (Å²) < 4.78 is 5.03. The topological polar surface area (TPSA) is 62.5 Å². The van der Waals surface area contributed by atoms with Crippen LogP contribution in [0.15, 0.2) is 47.1 Å². The quantitative estimate of drug-likeness (QED) is 0.892. The summed E-state index contributed by atoms with van der Waals surface area (Å²) in [5.41, 5.74) is 0.492. The summed E-state index contributed by atoms with van der Waals surface area (Å²) >= 11 is 5.73. The lowest BCUT2D eigenvalue weighted by atomic mass is 10.2. The van der Waals surface area contributed by atoms with Gasteiger partial charge in [0, 0.05) is 10.6 Å². The molecule has 4 nitrogen and oxygen atoms in total. The molecule has 1 unspecified atom stereocenters. The molecule has 0 radical (unpaired) electrons. The minimum atomic E-state index is -0.851.